The first-order valence-corrected chi connectivity index (χ1v) is 4.76. The van der Waals surface area contributed by atoms with Crippen LogP contribution < -0.4 is 0 Å². The van der Waals surface area contributed by atoms with Crippen molar-refractivity contribution in [2.24, 2.45) is 11.3 Å². The van der Waals surface area contributed by atoms with Crippen molar-refractivity contribution in [3.8, 4) is 6.07 Å². The van der Waals surface area contributed by atoms with Gasteiger partial charge >= 0.3 is 0 Å². The van der Waals surface area contributed by atoms with Crippen molar-refractivity contribution >= 4 is 0 Å². The molecule has 0 radical (unpaired) electrons. The van der Waals surface area contributed by atoms with E-state index in [1.807, 2.05) is 0 Å². The Morgan fingerprint density at radius 1 is 1.50 bits per heavy atom. The van der Waals surface area contributed by atoms with Crippen LogP contribution >= 0.6 is 0 Å². The van der Waals surface area contributed by atoms with Crippen LogP contribution in [0.2, 0.25) is 0 Å². The highest BCUT2D eigenvalue weighted by Crippen LogP contribution is 2.41. The number of nitriles is 1. The molecule has 0 aromatic carbocycles. The Balaban J connectivity index is 2.59. The third-order valence-corrected chi connectivity index (χ3v) is 2.83. The van der Waals surface area contributed by atoms with Crippen molar-refractivity contribution < 1.29 is 4.74 Å². The van der Waals surface area contributed by atoms with Gasteiger partial charge in [-0.05, 0) is 12.8 Å². The summed E-state index contributed by atoms with van der Waals surface area (Å²) in [6, 6.07) is 2.40. The summed E-state index contributed by atoms with van der Waals surface area (Å²) in [5.41, 5.74) is 0.207. The zero-order valence-corrected chi connectivity index (χ0v) is 7.97. The lowest BCUT2D eigenvalue weighted by Gasteiger charge is -2.44. The second-order valence-corrected chi connectivity index (χ2v) is 3.70. The highest BCUT2D eigenvalue weighted by Gasteiger charge is 2.44. The van der Waals surface area contributed by atoms with Gasteiger partial charge in [0.05, 0.1) is 25.2 Å². The minimum Gasteiger partial charge on any atom is -0.380 e. The summed E-state index contributed by atoms with van der Waals surface area (Å²) in [5, 5.41) is 8.95. The molecule has 2 nitrogen and oxygen atoms in total. The van der Waals surface area contributed by atoms with Gasteiger partial charge in [-0.1, -0.05) is 20.3 Å². The number of ether oxygens (including phenoxy) is 1. The molecule has 1 heterocycles. The first kappa shape index (κ1) is 9.54. The lowest BCUT2D eigenvalue weighted by molar-refractivity contribution is -0.139. The quantitative estimate of drug-likeness (QED) is 0.644. The van der Waals surface area contributed by atoms with Crippen LogP contribution in [0.1, 0.15) is 33.1 Å². The van der Waals surface area contributed by atoms with Crippen molar-refractivity contribution in [3.05, 3.63) is 0 Å². The lowest BCUT2D eigenvalue weighted by atomic mass is 9.70. The fourth-order valence-corrected chi connectivity index (χ4v) is 2.04. The molecule has 0 aromatic rings. The van der Waals surface area contributed by atoms with Crippen LogP contribution in [0.5, 0.6) is 0 Å². The average Bonchev–Trinajstić information content (AvgIpc) is 2.02. The average molecular weight is 167 g/mol. The Hall–Kier alpha value is -0.550. The normalized spacial score (nSPS) is 22.4. The third kappa shape index (κ3) is 1.47. The molecule has 1 rings (SSSR count). The summed E-state index contributed by atoms with van der Waals surface area (Å²) in [6.07, 6.45) is 3.25. The predicted octanol–water partition coefficient (Wildman–Crippen LogP) is 2.35. The summed E-state index contributed by atoms with van der Waals surface area (Å²) >= 11 is 0. The van der Waals surface area contributed by atoms with Crippen LogP contribution in [-0.2, 0) is 4.74 Å². The van der Waals surface area contributed by atoms with E-state index in [2.05, 4.69) is 19.9 Å². The zero-order chi connectivity index (χ0) is 9.03. The first-order valence-electron chi connectivity index (χ1n) is 4.76. The van der Waals surface area contributed by atoms with E-state index >= 15 is 0 Å². The minimum absolute atomic E-state index is 0.200. The summed E-state index contributed by atoms with van der Waals surface area (Å²) in [7, 11) is 0. The molecule has 0 saturated carbocycles. The molecule has 1 atom stereocenters. The largest absolute Gasteiger partial charge is 0.380 e. The van der Waals surface area contributed by atoms with Crippen LogP contribution in [-0.4, -0.2) is 13.2 Å². The third-order valence-electron chi connectivity index (χ3n) is 2.83. The van der Waals surface area contributed by atoms with E-state index in [0.29, 0.717) is 0 Å². The van der Waals surface area contributed by atoms with Gasteiger partial charge < -0.3 is 4.74 Å². The summed E-state index contributed by atoms with van der Waals surface area (Å²) in [6.45, 7) is 5.85. The van der Waals surface area contributed by atoms with Gasteiger partial charge in [0.1, 0.15) is 0 Å². The van der Waals surface area contributed by atoms with Crippen molar-refractivity contribution in [3.63, 3.8) is 0 Å². The predicted molar refractivity (Wildman–Crippen MR) is 47.6 cm³/mol. The van der Waals surface area contributed by atoms with Crippen LogP contribution in [0.3, 0.4) is 0 Å². The molecule has 0 aliphatic carbocycles. The Labute approximate surface area is 74.5 Å². The van der Waals surface area contributed by atoms with E-state index in [9.17, 15) is 0 Å². The Morgan fingerprint density at radius 2 is 2.17 bits per heavy atom. The summed E-state index contributed by atoms with van der Waals surface area (Å²) < 4.78 is 5.22. The molecule has 1 aliphatic heterocycles. The van der Waals surface area contributed by atoms with E-state index in [1.165, 1.54) is 0 Å². The zero-order valence-electron chi connectivity index (χ0n) is 7.97. The molecule has 1 fully saturated rings. The van der Waals surface area contributed by atoms with Gasteiger partial charge in [-0.15, -0.1) is 0 Å². The standard InChI is InChI=1S/C10H17NO/c1-3-5-10(7-12-8-10)9(4-2)6-11/h9H,3-5,7-8H2,1-2H3. The molecule has 0 N–H and O–H groups in total. The summed E-state index contributed by atoms with van der Waals surface area (Å²) in [5.74, 6) is 0.200. The van der Waals surface area contributed by atoms with Crippen LogP contribution in [0, 0.1) is 22.7 Å². The molecule has 0 spiro atoms. The van der Waals surface area contributed by atoms with Crippen molar-refractivity contribution in [1.82, 2.24) is 0 Å². The van der Waals surface area contributed by atoms with E-state index < -0.39 is 0 Å². The maximum atomic E-state index is 8.95. The van der Waals surface area contributed by atoms with E-state index in [0.717, 1.165) is 32.5 Å². The second-order valence-electron chi connectivity index (χ2n) is 3.70. The maximum Gasteiger partial charge on any atom is 0.0663 e. The Kier molecular flexibility index (Phi) is 3.11. The fourth-order valence-electron chi connectivity index (χ4n) is 2.04. The van der Waals surface area contributed by atoms with Crippen LogP contribution in [0.4, 0.5) is 0 Å². The van der Waals surface area contributed by atoms with Crippen molar-refractivity contribution in [1.29, 1.82) is 5.26 Å². The number of hydrogen-bond donors (Lipinski definition) is 0. The minimum atomic E-state index is 0.200. The van der Waals surface area contributed by atoms with Gasteiger partial charge in [-0.3, -0.25) is 0 Å². The highest BCUT2D eigenvalue weighted by molar-refractivity contribution is 5.00. The number of nitrogens with zero attached hydrogens (tertiary/aromatic N) is 1. The van der Waals surface area contributed by atoms with Crippen molar-refractivity contribution in [2.75, 3.05) is 13.2 Å². The van der Waals surface area contributed by atoms with E-state index in [1.54, 1.807) is 0 Å². The van der Waals surface area contributed by atoms with Gasteiger partial charge in [0, 0.05) is 5.41 Å². The molecule has 1 saturated heterocycles. The van der Waals surface area contributed by atoms with Crippen LogP contribution in [0.15, 0.2) is 0 Å². The summed E-state index contributed by atoms with van der Waals surface area (Å²) in [4.78, 5) is 0. The molecule has 0 aromatic heterocycles. The smallest absolute Gasteiger partial charge is 0.0663 e. The molecule has 0 bridgehead atoms. The molecular weight excluding hydrogens is 150 g/mol. The molecule has 2 heteroatoms. The van der Waals surface area contributed by atoms with E-state index in [-0.39, 0.29) is 11.3 Å². The SMILES string of the molecule is CCCC1(C(C#N)CC)COC1. The number of hydrogen-bond acceptors (Lipinski definition) is 2. The topological polar surface area (TPSA) is 33.0 Å². The van der Waals surface area contributed by atoms with Gasteiger partial charge in [-0.2, -0.15) is 5.26 Å². The second kappa shape index (κ2) is 3.91. The Morgan fingerprint density at radius 3 is 2.42 bits per heavy atom. The fraction of sp³-hybridized carbons (Fsp3) is 0.900. The van der Waals surface area contributed by atoms with Crippen LogP contribution in [0.25, 0.3) is 0 Å². The molecule has 68 valence electrons. The highest BCUT2D eigenvalue weighted by atomic mass is 16.5. The maximum absolute atomic E-state index is 8.95. The van der Waals surface area contributed by atoms with Crippen molar-refractivity contribution in [2.45, 2.75) is 33.1 Å². The lowest BCUT2D eigenvalue weighted by Crippen LogP contribution is -2.47. The van der Waals surface area contributed by atoms with Gasteiger partial charge in [0.2, 0.25) is 0 Å². The molecule has 0 amide bonds. The van der Waals surface area contributed by atoms with Gasteiger partial charge in [0.25, 0.3) is 0 Å². The molecule has 1 aliphatic rings. The first-order chi connectivity index (χ1) is 5.79. The van der Waals surface area contributed by atoms with E-state index in [4.69, 9.17) is 10.00 Å². The number of rotatable bonds is 4. The molecule has 1 unspecified atom stereocenters. The molecular formula is C10H17NO. The van der Waals surface area contributed by atoms with Gasteiger partial charge in [-0.25, -0.2) is 0 Å². The van der Waals surface area contributed by atoms with Gasteiger partial charge in [0.15, 0.2) is 0 Å². The molecule has 12 heavy (non-hydrogen) atoms. The Bertz CT molecular complexity index is 179. The monoisotopic (exact) mass is 167 g/mol.